The first-order valence-electron chi connectivity index (χ1n) is 5.81. The highest BCUT2D eigenvalue weighted by molar-refractivity contribution is 4.93. The molecule has 0 aromatic carbocycles. The average molecular weight is 245 g/mol. The molecule has 2 unspecified atom stereocenters. The van der Waals surface area contributed by atoms with Crippen LogP contribution in [0.15, 0.2) is 12.4 Å². The molecule has 17 heavy (non-hydrogen) atoms. The monoisotopic (exact) mass is 245 g/mol. The second kappa shape index (κ2) is 5.55. The normalized spacial score (nSPS) is 25.4. The predicted molar refractivity (Wildman–Crippen MR) is 58.8 cm³/mol. The van der Waals surface area contributed by atoms with Gasteiger partial charge in [0, 0.05) is 25.0 Å². The van der Waals surface area contributed by atoms with Crippen LogP contribution in [0.5, 0.6) is 0 Å². The first-order chi connectivity index (χ1) is 8.16. The number of halogens is 2. The minimum absolute atomic E-state index is 0.232. The van der Waals surface area contributed by atoms with Gasteiger partial charge in [0.25, 0.3) is 0 Å². The Kier molecular flexibility index (Phi) is 4.06. The van der Waals surface area contributed by atoms with Gasteiger partial charge in [0.1, 0.15) is 5.82 Å². The maximum absolute atomic E-state index is 12.6. The third-order valence-corrected chi connectivity index (χ3v) is 2.99. The molecule has 0 radical (unpaired) electrons. The molecule has 0 saturated carbocycles. The van der Waals surface area contributed by atoms with Crippen LogP contribution in [0, 0.1) is 0 Å². The summed E-state index contributed by atoms with van der Waals surface area (Å²) >= 11 is 0. The smallest absolute Gasteiger partial charge is 0.319 e. The van der Waals surface area contributed by atoms with Gasteiger partial charge >= 0.3 is 6.55 Å². The molecule has 2 atom stereocenters. The highest BCUT2D eigenvalue weighted by atomic mass is 19.3. The lowest BCUT2D eigenvalue weighted by Crippen LogP contribution is -2.38. The van der Waals surface area contributed by atoms with Gasteiger partial charge in [-0.2, -0.15) is 8.78 Å². The van der Waals surface area contributed by atoms with Gasteiger partial charge < -0.3 is 10.1 Å². The first kappa shape index (κ1) is 12.4. The molecule has 0 aliphatic carbocycles. The molecule has 1 aromatic rings. The van der Waals surface area contributed by atoms with Gasteiger partial charge in [-0.1, -0.05) is 0 Å². The lowest BCUT2D eigenvalue weighted by atomic mass is 10.0. The Hall–Kier alpha value is -1.01. The molecule has 2 rings (SSSR count). The van der Waals surface area contributed by atoms with Crippen molar-refractivity contribution < 1.29 is 13.5 Å². The van der Waals surface area contributed by atoms with E-state index in [9.17, 15) is 8.78 Å². The van der Waals surface area contributed by atoms with Crippen molar-refractivity contribution in [3.05, 3.63) is 18.2 Å². The lowest BCUT2D eigenvalue weighted by Gasteiger charge is -2.28. The van der Waals surface area contributed by atoms with E-state index in [0.29, 0.717) is 18.4 Å². The predicted octanol–water partition coefficient (Wildman–Crippen LogP) is 1.94. The van der Waals surface area contributed by atoms with Crippen molar-refractivity contribution in [1.29, 1.82) is 0 Å². The van der Waals surface area contributed by atoms with Gasteiger partial charge in [0.2, 0.25) is 0 Å². The van der Waals surface area contributed by atoms with Crippen LogP contribution in [0.2, 0.25) is 0 Å². The van der Waals surface area contributed by atoms with Crippen LogP contribution in [0.3, 0.4) is 0 Å². The first-order valence-corrected chi connectivity index (χ1v) is 5.81. The number of hydrogen-bond acceptors (Lipinski definition) is 3. The summed E-state index contributed by atoms with van der Waals surface area (Å²) in [5.74, 6) is 0.374. The maximum Gasteiger partial charge on any atom is 0.319 e. The molecule has 96 valence electrons. The van der Waals surface area contributed by atoms with E-state index in [1.54, 1.807) is 0 Å². The van der Waals surface area contributed by atoms with Crippen LogP contribution in [0.1, 0.15) is 32.1 Å². The molecular formula is C11H17F2N3O. The van der Waals surface area contributed by atoms with E-state index in [1.807, 2.05) is 6.92 Å². The quantitative estimate of drug-likeness (QED) is 0.881. The van der Waals surface area contributed by atoms with Crippen molar-refractivity contribution in [3.63, 3.8) is 0 Å². The number of alkyl halides is 2. The summed E-state index contributed by atoms with van der Waals surface area (Å²) in [6.45, 7) is 0.591. The highest BCUT2D eigenvalue weighted by Crippen LogP contribution is 2.15. The molecule has 1 N–H and O–H groups in total. The van der Waals surface area contributed by atoms with Crippen LogP contribution in [-0.2, 0) is 11.3 Å². The Bertz CT molecular complexity index is 356. The van der Waals surface area contributed by atoms with Crippen molar-refractivity contribution in [2.75, 3.05) is 6.61 Å². The number of nitrogens with zero attached hydrogens (tertiary/aromatic N) is 2. The zero-order valence-corrected chi connectivity index (χ0v) is 9.77. The summed E-state index contributed by atoms with van der Waals surface area (Å²) in [6.07, 6.45) is 4.76. The van der Waals surface area contributed by atoms with Crippen molar-refractivity contribution in [2.45, 2.75) is 45.0 Å². The van der Waals surface area contributed by atoms with Crippen molar-refractivity contribution in [1.82, 2.24) is 14.9 Å². The topological polar surface area (TPSA) is 39.1 Å². The van der Waals surface area contributed by atoms with Crippen LogP contribution < -0.4 is 5.32 Å². The largest absolute Gasteiger partial charge is 0.378 e. The number of hydrogen-bond donors (Lipinski definition) is 1. The molecule has 1 saturated heterocycles. The zero-order chi connectivity index (χ0) is 12.3. The number of imidazole rings is 1. The van der Waals surface area contributed by atoms with Crippen LogP contribution in [0.4, 0.5) is 8.78 Å². The van der Waals surface area contributed by atoms with Crippen LogP contribution in [-0.4, -0.2) is 28.3 Å². The Morgan fingerprint density at radius 1 is 1.65 bits per heavy atom. The van der Waals surface area contributed by atoms with Gasteiger partial charge in [-0.05, 0) is 19.8 Å². The fourth-order valence-corrected chi connectivity index (χ4v) is 2.08. The number of ether oxygens (including phenoxy) is 1. The van der Waals surface area contributed by atoms with Gasteiger partial charge in [-0.25, -0.2) is 4.98 Å². The van der Waals surface area contributed by atoms with Gasteiger partial charge in [-0.3, -0.25) is 4.57 Å². The number of aromatic nitrogens is 2. The molecule has 0 amide bonds. The fraction of sp³-hybridized carbons (Fsp3) is 0.727. The SMILES string of the molecule is CC1CC(NCc2nccn2C(F)F)CCO1. The van der Waals surface area contributed by atoms with E-state index in [0.717, 1.165) is 24.0 Å². The summed E-state index contributed by atoms with van der Waals surface area (Å²) in [6, 6.07) is 0.321. The highest BCUT2D eigenvalue weighted by Gasteiger charge is 2.19. The van der Waals surface area contributed by atoms with E-state index >= 15 is 0 Å². The van der Waals surface area contributed by atoms with E-state index in [4.69, 9.17) is 4.74 Å². The molecular weight excluding hydrogens is 228 g/mol. The van der Waals surface area contributed by atoms with E-state index < -0.39 is 6.55 Å². The maximum atomic E-state index is 12.6. The van der Waals surface area contributed by atoms with Crippen molar-refractivity contribution in [2.24, 2.45) is 0 Å². The molecule has 1 fully saturated rings. The molecule has 0 spiro atoms. The molecule has 1 aliphatic heterocycles. The Balaban J connectivity index is 1.86. The van der Waals surface area contributed by atoms with Crippen LogP contribution in [0.25, 0.3) is 0 Å². The summed E-state index contributed by atoms with van der Waals surface area (Å²) in [5, 5.41) is 3.25. The number of rotatable bonds is 4. The number of nitrogens with one attached hydrogen (secondary N) is 1. The minimum atomic E-state index is -2.53. The fourth-order valence-electron chi connectivity index (χ4n) is 2.08. The molecule has 0 bridgehead atoms. The Morgan fingerprint density at radius 2 is 2.47 bits per heavy atom. The third kappa shape index (κ3) is 3.23. The second-order valence-corrected chi connectivity index (χ2v) is 4.31. The van der Waals surface area contributed by atoms with Gasteiger partial charge in [-0.15, -0.1) is 0 Å². The van der Waals surface area contributed by atoms with Crippen LogP contribution >= 0.6 is 0 Å². The summed E-state index contributed by atoms with van der Waals surface area (Å²) in [7, 11) is 0. The average Bonchev–Trinajstić information content (AvgIpc) is 2.74. The van der Waals surface area contributed by atoms with E-state index in [2.05, 4.69) is 10.3 Å². The lowest BCUT2D eigenvalue weighted by molar-refractivity contribution is 0.0124. The Morgan fingerprint density at radius 3 is 3.18 bits per heavy atom. The Labute approximate surface area is 99.0 Å². The second-order valence-electron chi connectivity index (χ2n) is 4.31. The summed E-state index contributed by atoms with van der Waals surface area (Å²) in [5.41, 5.74) is 0. The molecule has 4 nitrogen and oxygen atoms in total. The molecule has 1 aliphatic rings. The standard InChI is InChI=1S/C11H17F2N3O/c1-8-6-9(2-5-17-8)15-7-10-14-3-4-16(10)11(12)13/h3-4,8-9,11,15H,2,5-7H2,1H3. The molecule has 2 heterocycles. The van der Waals surface area contributed by atoms with E-state index in [1.165, 1.54) is 12.4 Å². The van der Waals surface area contributed by atoms with E-state index in [-0.39, 0.29) is 6.10 Å². The third-order valence-electron chi connectivity index (χ3n) is 2.99. The molecule has 6 heteroatoms. The summed E-state index contributed by atoms with van der Waals surface area (Å²) < 4.78 is 31.4. The zero-order valence-electron chi connectivity index (χ0n) is 9.77. The molecule has 1 aromatic heterocycles. The van der Waals surface area contributed by atoms with Crippen molar-refractivity contribution in [3.8, 4) is 0 Å². The van der Waals surface area contributed by atoms with Gasteiger partial charge in [0.05, 0.1) is 12.6 Å². The minimum Gasteiger partial charge on any atom is -0.378 e. The summed E-state index contributed by atoms with van der Waals surface area (Å²) in [4.78, 5) is 3.93. The van der Waals surface area contributed by atoms with Gasteiger partial charge in [0.15, 0.2) is 0 Å². The van der Waals surface area contributed by atoms with Crippen molar-refractivity contribution >= 4 is 0 Å².